The van der Waals surface area contributed by atoms with Crippen molar-refractivity contribution in [2.45, 2.75) is 55.5 Å². The van der Waals surface area contributed by atoms with Gasteiger partial charge in [0.05, 0.1) is 21.7 Å². The van der Waals surface area contributed by atoms with Crippen LogP contribution in [0.25, 0.3) is 22.2 Å². The van der Waals surface area contributed by atoms with Gasteiger partial charge < -0.3 is 24.8 Å². The van der Waals surface area contributed by atoms with Gasteiger partial charge in [0.15, 0.2) is 5.82 Å². The highest BCUT2D eigenvalue weighted by Crippen LogP contribution is 2.48. The molecule has 9 nitrogen and oxygen atoms in total. The van der Waals surface area contributed by atoms with E-state index in [4.69, 9.17) is 31.5 Å². The molecule has 3 aromatic rings. The Balaban J connectivity index is 1.41. The highest BCUT2D eigenvalue weighted by molar-refractivity contribution is 6.32. The number of nitrogens with zero attached hydrogens (tertiary/aromatic N) is 5. The zero-order valence-corrected chi connectivity index (χ0v) is 24.6. The van der Waals surface area contributed by atoms with Gasteiger partial charge in [0, 0.05) is 44.5 Å². The molecule has 1 spiro atoms. The van der Waals surface area contributed by atoms with E-state index in [-0.39, 0.29) is 47.5 Å². The molecule has 0 radical (unpaired) electrons. The molecule has 15 heteroatoms. The second-order valence-corrected chi connectivity index (χ2v) is 12.5. The lowest BCUT2D eigenvalue weighted by molar-refractivity contribution is -0.137. The molecular weight excluding hydrogens is 611 g/mol. The van der Waals surface area contributed by atoms with E-state index in [9.17, 15) is 17.6 Å². The van der Waals surface area contributed by atoms with E-state index in [1.165, 1.54) is 0 Å². The maximum absolute atomic E-state index is 16.6. The van der Waals surface area contributed by atoms with Gasteiger partial charge in [-0.2, -0.15) is 23.1 Å². The van der Waals surface area contributed by atoms with Crippen LogP contribution in [0.15, 0.2) is 12.1 Å². The number of fused-ring (bicyclic) bond motifs is 1. The van der Waals surface area contributed by atoms with Crippen molar-refractivity contribution in [2.75, 3.05) is 57.2 Å². The molecule has 0 unspecified atom stereocenters. The maximum atomic E-state index is 16.6. The number of nitrogens with two attached hydrogens (primary N) is 1. The van der Waals surface area contributed by atoms with Crippen molar-refractivity contribution < 1.29 is 36.2 Å². The minimum Gasteiger partial charge on any atom is -0.475 e. The van der Waals surface area contributed by atoms with Crippen LogP contribution < -0.4 is 20.1 Å². The summed E-state index contributed by atoms with van der Waals surface area (Å²) in [4.78, 5) is 17.3. The predicted octanol–water partition coefficient (Wildman–Crippen LogP) is 5.42. The number of alkyl halides is 4. The highest BCUT2D eigenvalue weighted by Gasteiger charge is 2.50. The third-order valence-corrected chi connectivity index (χ3v) is 9.82. The first kappa shape index (κ1) is 29.5. The lowest BCUT2D eigenvalue weighted by Crippen LogP contribution is -2.54. The average Bonchev–Trinajstić information content (AvgIpc) is 3.46. The number of aromatic nitrogens is 3. The molecule has 7 rings (SSSR count). The van der Waals surface area contributed by atoms with Crippen molar-refractivity contribution >= 4 is 34.0 Å². The third-order valence-electron chi connectivity index (χ3n) is 9.52. The Morgan fingerprint density at radius 1 is 1.16 bits per heavy atom. The summed E-state index contributed by atoms with van der Waals surface area (Å²) in [6.45, 7) is 2.10. The number of benzene rings is 1. The first-order valence-electron chi connectivity index (χ1n) is 14.4. The lowest BCUT2D eigenvalue weighted by atomic mass is 9.89. The van der Waals surface area contributed by atoms with Gasteiger partial charge in [-0.1, -0.05) is 11.6 Å². The van der Waals surface area contributed by atoms with Crippen LogP contribution in [0, 0.1) is 5.82 Å². The second kappa shape index (κ2) is 10.4. The molecule has 1 aromatic carbocycles. The molecule has 236 valence electrons. The molecule has 4 aliphatic heterocycles. The Hall–Kier alpha value is -3.23. The molecule has 3 fully saturated rings. The smallest absolute Gasteiger partial charge is 0.418 e. The van der Waals surface area contributed by atoms with Crippen LogP contribution >= 0.6 is 11.6 Å². The summed E-state index contributed by atoms with van der Waals surface area (Å²) in [6.07, 6.45) is -2.92. The summed E-state index contributed by atoms with van der Waals surface area (Å²) in [6, 6.07) is 1.74. The lowest BCUT2D eigenvalue weighted by Gasteiger charge is -2.43. The van der Waals surface area contributed by atoms with E-state index in [0.717, 1.165) is 31.5 Å². The van der Waals surface area contributed by atoms with Crippen molar-refractivity contribution in [3.63, 3.8) is 0 Å². The number of nitrogen functional groups attached to an aromatic ring is 1. The molecule has 0 bridgehead atoms. The van der Waals surface area contributed by atoms with Gasteiger partial charge >= 0.3 is 12.2 Å². The fraction of sp³-hybridized carbons (Fsp3) is 0.552. The fourth-order valence-electron chi connectivity index (χ4n) is 7.20. The summed E-state index contributed by atoms with van der Waals surface area (Å²) < 4.78 is 91.5. The molecule has 2 atom stereocenters. The number of rotatable bonds is 4. The molecule has 2 aromatic heterocycles. The van der Waals surface area contributed by atoms with E-state index in [2.05, 4.69) is 19.9 Å². The first-order chi connectivity index (χ1) is 20.9. The quantitative estimate of drug-likeness (QED) is 0.296. The van der Waals surface area contributed by atoms with E-state index in [0.29, 0.717) is 39.0 Å². The minimum atomic E-state index is -4.95. The number of likely N-dealkylation sites (N-methyl/N-ethyl adjacent to an activating group) is 1. The van der Waals surface area contributed by atoms with E-state index >= 15 is 4.39 Å². The Kier molecular flexibility index (Phi) is 6.98. The number of hydrogen-bond acceptors (Lipinski definition) is 9. The number of pyridine rings is 1. The van der Waals surface area contributed by atoms with Crippen LogP contribution in [0.2, 0.25) is 5.02 Å². The van der Waals surface area contributed by atoms with Gasteiger partial charge in [-0.25, -0.2) is 13.8 Å². The minimum absolute atomic E-state index is 0.0764. The van der Waals surface area contributed by atoms with Crippen molar-refractivity contribution in [3.05, 3.63) is 28.5 Å². The summed E-state index contributed by atoms with van der Waals surface area (Å²) in [5, 5.41) is -0.602. The zero-order valence-electron chi connectivity index (χ0n) is 23.8. The van der Waals surface area contributed by atoms with Crippen LogP contribution in [0.1, 0.15) is 37.7 Å². The Morgan fingerprint density at radius 3 is 2.68 bits per heavy atom. The summed E-state index contributed by atoms with van der Waals surface area (Å²) in [5.41, 5.74) is 1.65. The number of anilines is 2. The van der Waals surface area contributed by atoms with Crippen molar-refractivity contribution in [3.8, 4) is 23.1 Å². The molecule has 4 aliphatic rings. The van der Waals surface area contributed by atoms with Crippen LogP contribution in [0.5, 0.6) is 11.9 Å². The molecule has 0 aliphatic carbocycles. The Labute approximate surface area is 254 Å². The topological polar surface area (TPSA) is 98.9 Å². The average molecular weight is 641 g/mol. The highest BCUT2D eigenvalue weighted by atomic mass is 35.5. The van der Waals surface area contributed by atoms with Gasteiger partial charge in [0.2, 0.25) is 5.88 Å². The van der Waals surface area contributed by atoms with E-state index < -0.39 is 51.1 Å². The predicted molar refractivity (Wildman–Crippen MR) is 152 cm³/mol. The van der Waals surface area contributed by atoms with E-state index in [1.807, 2.05) is 4.90 Å². The SMILES string of the molecule is CN1c2nc(OC[C@@]34CCCN3C[C@H](F)C4)nc3c(F)c(-c4cc(N)cc(Cl)c4C(F)(F)F)nc(c23)OCC12CCOCC2. The van der Waals surface area contributed by atoms with Crippen LogP contribution in [0.4, 0.5) is 33.5 Å². The molecule has 3 saturated heterocycles. The molecule has 0 amide bonds. The van der Waals surface area contributed by atoms with Gasteiger partial charge in [0.25, 0.3) is 0 Å². The van der Waals surface area contributed by atoms with Gasteiger partial charge in [-0.15, -0.1) is 0 Å². The molecule has 6 heterocycles. The first-order valence-corrected chi connectivity index (χ1v) is 14.8. The molecular formula is C29H30ClF5N6O3. The molecule has 44 heavy (non-hydrogen) atoms. The fourth-order valence-corrected chi connectivity index (χ4v) is 7.53. The van der Waals surface area contributed by atoms with Gasteiger partial charge in [-0.05, 0) is 44.4 Å². The summed E-state index contributed by atoms with van der Waals surface area (Å²) in [7, 11) is 1.79. The summed E-state index contributed by atoms with van der Waals surface area (Å²) in [5.74, 6) is -1.01. The Morgan fingerprint density at radius 2 is 1.93 bits per heavy atom. The monoisotopic (exact) mass is 640 g/mol. The second-order valence-electron chi connectivity index (χ2n) is 12.1. The number of halogens is 6. The van der Waals surface area contributed by atoms with Crippen molar-refractivity contribution in [2.24, 2.45) is 0 Å². The van der Waals surface area contributed by atoms with Crippen LogP contribution in [-0.2, 0) is 10.9 Å². The summed E-state index contributed by atoms with van der Waals surface area (Å²) >= 11 is 6.00. The van der Waals surface area contributed by atoms with Gasteiger partial charge in [0.1, 0.15) is 41.8 Å². The standard InChI is InChI=1S/C29H30ClF5N6O3/c1-40-24-19-23(38-26(39-24)44-14-28-3-2-6-41(28)12-15(31)11-28)21(32)22(17-9-16(36)10-18(30)20(17)29(33,34)35)37-25(19)43-13-27(40)4-7-42-8-5-27/h9-10,15H,2-8,11-14,36H2,1H3/t15-,28+/m1/s1. The molecule has 0 saturated carbocycles. The normalized spacial score (nSPS) is 24.9. The van der Waals surface area contributed by atoms with Crippen LogP contribution in [-0.4, -0.2) is 83.7 Å². The van der Waals surface area contributed by atoms with Gasteiger partial charge in [-0.3, -0.25) is 4.90 Å². The Bertz CT molecular complexity index is 1640. The molecule has 2 N–H and O–H groups in total. The zero-order chi connectivity index (χ0) is 31.0. The van der Waals surface area contributed by atoms with E-state index in [1.54, 1.807) is 7.05 Å². The maximum Gasteiger partial charge on any atom is 0.418 e. The van der Waals surface area contributed by atoms with Crippen molar-refractivity contribution in [1.82, 2.24) is 19.9 Å². The third kappa shape index (κ3) is 4.67. The number of hydrogen-bond donors (Lipinski definition) is 1. The largest absolute Gasteiger partial charge is 0.475 e. The number of ether oxygens (including phenoxy) is 3. The van der Waals surface area contributed by atoms with Crippen LogP contribution in [0.3, 0.4) is 0 Å². The van der Waals surface area contributed by atoms with Crippen molar-refractivity contribution in [1.29, 1.82) is 0 Å².